The smallest absolute Gasteiger partial charge is 0.243 e. The summed E-state index contributed by atoms with van der Waals surface area (Å²) in [6.07, 6.45) is 4.29. The number of benzene rings is 2. The van der Waals surface area contributed by atoms with Crippen LogP contribution in [0.4, 0.5) is 8.78 Å². The van der Waals surface area contributed by atoms with Gasteiger partial charge in [-0.05, 0) is 79.1 Å². The number of sulfonamides is 1. The highest BCUT2D eigenvalue weighted by Gasteiger charge is 2.30. The molecule has 31 heavy (non-hydrogen) atoms. The molecule has 1 fully saturated rings. The zero-order valence-corrected chi connectivity index (χ0v) is 18.1. The Morgan fingerprint density at radius 2 is 1.61 bits per heavy atom. The van der Waals surface area contributed by atoms with Crippen LogP contribution in [0.25, 0.3) is 0 Å². The fraction of sp³-hybridized carbons (Fsp3) is 0.435. The Hall–Kier alpha value is -2.32. The molecular formula is C23H26F2N2O3S. The number of aryl methyl sites for hydroxylation is 3. The lowest BCUT2D eigenvalue weighted by atomic mass is 9.92. The van der Waals surface area contributed by atoms with Gasteiger partial charge in [-0.25, -0.2) is 17.2 Å². The van der Waals surface area contributed by atoms with Crippen LogP contribution < -0.4 is 0 Å². The second-order valence-electron chi connectivity index (χ2n) is 8.16. The second kappa shape index (κ2) is 9.04. The largest absolute Gasteiger partial charge is 0.340 e. The van der Waals surface area contributed by atoms with Gasteiger partial charge in [-0.3, -0.25) is 4.79 Å². The average Bonchev–Trinajstić information content (AvgIpc) is 2.79. The molecule has 1 aliphatic heterocycles. The number of fused-ring (bicyclic) bond motifs is 1. The molecule has 1 heterocycles. The van der Waals surface area contributed by atoms with E-state index in [2.05, 4.69) is 0 Å². The van der Waals surface area contributed by atoms with Crippen molar-refractivity contribution >= 4 is 15.9 Å². The molecule has 0 saturated carbocycles. The van der Waals surface area contributed by atoms with Crippen LogP contribution in [0.5, 0.6) is 0 Å². The number of carbonyl (C=O) groups is 1. The maximum absolute atomic E-state index is 13.7. The Bertz CT molecular complexity index is 1080. The molecule has 166 valence electrons. The monoisotopic (exact) mass is 448 g/mol. The van der Waals surface area contributed by atoms with Gasteiger partial charge in [0.1, 0.15) is 11.6 Å². The van der Waals surface area contributed by atoms with E-state index in [1.807, 2.05) is 6.07 Å². The summed E-state index contributed by atoms with van der Waals surface area (Å²) in [7, 11) is -3.61. The Kier molecular flexibility index (Phi) is 6.39. The van der Waals surface area contributed by atoms with Crippen molar-refractivity contribution < 1.29 is 22.0 Å². The number of hydrogen-bond acceptors (Lipinski definition) is 3. The zero-order chi connectivity index (χ0) is 22.0. The quantitative estimate of drug-likeness (QED) is 0.705. The number of piperazine rings is 1. The predicted molar refractivity (Wildman–Crippen MR) is 113 cm³/mol. The summed E-state index contributed by atoms with van der Waals surface area (Å²) >= 11 is 0. The Morgan fingerprint density at radius 3 is 2.35 bits per heavy atom. The topological polar surface area (TPSA) is 57.7 Å². The molecular weight excluding hydrogens is 422 g/mol. The van der Waals surface area contributed by atoms with Crippen LogP contribution in [0.1, 0.15) is 36.0 Å². The molecule has 0 N–H and O–H groups in total. The lowest BCUT2D eigenvalue weighted by Gasteiger charge is -2.34. The molecule has 0 spiro atoms. The van der Waals surface area contributed by atoms with E-state index in [1.54, 1.807) is 17.0 Å². The predicted octanol–water partition coefficient (Wildman–Crippen LogP) is 3.31. The summed E-state index contributed by atoms with van der Waals surface area (Å²) < 4.78 is 54.6. The first-order chi connectivity index (χ1) is 14.8. The van der Waals surface area contributed by atoms with Gasteiger partial charge in [0.2, 0.25) is 15.9 Å². The van der Waals surface area contributed by atoms with Crippen molar-refractivity contribution in [3.8, 4) is 0 Å². The summed E-state index contributed by atoms with van der Waals surface area (Å²) in [5, 5.41) is 0. The van der Waals surface area contributed by atoms with Crippen molar-refractivity contribution in [3.05, 3.63) is 64.7 Å². The number of carbonyl (C=O) groups excluding carboxylic acids is 1. The molecule has 0 bridgehead atoms. The van der Waals surface area contributed by atoms with E-state index < -0.39 is 21.7 Å². The molecule has 0 atom stereocenters. The van der Waals surface area contributed by atoms with Gasteiger partial charge in [0.05, 0.1) is 4.90 Å². The highest BCUT2D eigenvalue weighted by atomic mass is 32.2. The molecule has 1 aliphatic carbocycles. The van der Waals surface area contributed by atoms with Crippen LogP contribution in [0.15, 0.2) is 41.3 Å². The van der Waals surface area contributed by atoms with Gasteiger partial charge < -0.3 is 4.90 Å². The van der Waals surface area contributed by atoms with Crippen molar-refractivity contribution in [2.75, 3.05) is 26.2 Å². The van der Waals surface area contributed by atoms with E-state index in [-0.39, 0.29) is 50.5 Å². The maximum atomic E-state index is 13.7. The van der Waals surface area contributed by atoms with Crippen LogP contribution in [-0.4, -0.2) is 49.7 Å². The van der Waals surface area contributed by atoms with Crippen LogP contribution in [0.2, 0.25) is 0 Å². The highest BCUT2D eigenvalue weighted by Crippen LogP contribution is 2.26. The molecule has 0 radical (unpaired) electrons. The minimum atomic E-state index is -3.61. The molecule has 0 unspecified atom stereocenters. The molecule has 4 rings (SSSR count). The lowest BCUT2D eigenvalue weighted by molar-refractivity contribution is -0.132. The number of rotatable bonds is 5. The number of nitrogens with zero attached hydrogens (tertiary/aromatic N) is 2. The fourth-order valence-electron chi connectivity index (χ4n) is 4.33. The van der Waals surface area contributed by atoms with E-state index in [9.17, 15) is 22.0 Å². The summed E-state index contributed by atoms with van der Waals surface area (Å²) in [6.45, 7) is 1.02. The van der Waals surface area contributed by atoms with Gasteiger partial charge in [0.25, 0.3) is 0 Å². The van der Waals surface area contributed by atoms with Gasteiger partial charge in [-0.1, -0.05) is 6.07 Å². The van der Waals surface area contributed by atoms with Gasteiger partial charge >= 0.3 is 0 Å². The van der Waals surface area contributed by atoms with Crippen molar-refractivity contribution in [2.45, 2.75) is 43.4 Å². The highest BCUT2D eigenvalue weighted by molar-refractivity contribution is 7.89. The van der Waals surface area contributed by atoms with Gasteiger partial charge in [-0.2, -0.15) is 4.31 Å². The number of amides is 1. The van der Waals surface area contributed by atoms with Crippen molar-refractivity contribution in [1.82, 2.24) is 9.21 Å². The Labute approximate surface area is 181 Å². The first kappa shape index (κ1) is 21.9. The summed E-state index contributed by atoms with van der Waals surface area (Å²) in [5.41, 5.74) is 2.52. The average molecular weight is 449 g/mol. The van der Waals surface area contributed by atoms with Gasteiger partial charge in [-0.15, -0.1) is 0 Å². The summed E-state index contributed by atoms with van der Waals surface area (Å²) in [5.74, 6) is -1.26. The first-order valence-corrected chi connectivity index (χ1v) is 12.1. The molecule has 2 aromatic rings. The fourth-order valence-corrected chi connectivity index (χ4v) is 5.81. The van der Waals surface area contributed by atoms with E-state index in [0.717, 1.165) is 49.4 Å². The second-order valence-corrected chi connectivity index (χ2v) is 10.1. The standard InChI is InChI=1S/C23H26F2N2O3S/c24-20-7-9-22(25)19(15-20)6-10-23(28)26-11-13-27(14-12-26)31(29,30)21-8-5-17-3-1-2-4-18(17)16-21/h5,7-9,15-16H,1-4,6,10-14H2. The number of hydrogen-bond donors (Lipinski definition) is 0. The van der Waals surface area contributed by atoms with E-state index in [4.69, 9.17) is 0 Å². The first-order valence-electron chi connectivity index (χ1n) is 10.7. The SMILES string of the molecule is O=C(CCc1cc(F)ccc1F)N1CCN(S(=O)(=O)c2ccc3c(c2)CCCC3)CC1. The zero-order valence-electron chi connectivity index (χ0n) is 17.3. The van der Waals surface area contributed by atoms with Crippen molar-refractivity contribution in [3.63, 3.8) is 0 Å². The maximum Gasteiger partial charge on any atom is 0.243 e. The van der Waals surface area contributed by atoms with Gasteiger partial charge in [0.15, 0.2) is 0 Å². The van der Waals surface area contributed by atoms with Crippen LogP contribution >= 0.6 is 0 Å². The summed E-state index contributed by atoms with van der Waals surface area (Å²) in [4.78, 5) is 14.4. The third kappa shape index (κ3) is 4.80. The van der Waals surface area contributed by atoms with Gasteiger partial charge in [0, 0.05) is 32.6 Å². The van der Waals surface area contributed by atoms with E-state index in [0.29, 0.717) is 4.90 Å². The normalized spacial score (nSPS) is 17.4. The molecule has 1 amide bonds. The van der Waals surface area contributed by atoms with E-state index in [1.165, 1.54) is 9.87 Å². The molecule has 8 heteroatoms. The summed E-state index contributed by atoms with van der Waals surface area (Å²) in [6, 6.07) is 8.61. The third-order valence-electron chi connectivity index (χ3n) is 6.17. The molecule has 2 aliphatic rings. The Morgan fingerprint density at radius 1 is 0.903 bits per heavy atom. The third-order valence-corrected chi connectivity index (χ3v) is 8.06. The molecule has 2 aromatic carbocycles. The number of halogens is 2. The Balaban J connectivity index is 1.35. The van der Waals surface area contributed by atoms with Crippen molar-refractivity contribution in [1.29, 1.82) is 0 Å². The molecule has 0 aromatic heterocycles. The molecule has 5 nitrogen and oxygen atoms in total. The van der Waals surface area contributed by atoms with Crippen LogP contribution in [0.3, 0.4) is 0 Å². The van der Waals surface area contributed by atoms with Crippen molar-refractivity contribution in [2.24, 2.45) is 0 Å². The minimum Gasteiger partial charge on any atom is -0.340 e. The minimum absolute atomic E-state index is 0.0535. The van der Waals surface area contributed by atoms with Crippen LogP contribution in [-0.2, 0) is 34.1 Å². The van der Waals surface area contributed by atoms with Crippen LogP contribution in [0, 0.1) is 11.6 Å². The molecule has 1 saturated heterocycles. The van der Waals surface area contributed by atoms with E-state index >= 15 is 0 Å². The lowest BCUT2D eigenvalue weighted by Crippen LogP contribution is -2.50.